The van der Waals surface area contributed by atoms with Crippen LogP contribution in [-0.2, 0) is 0 Å². The molecule has 0 amide bonds. The molecule has 1 aromatic rings. The lowest BCUT2D eigenvalue weighted by atomic mass is 9.85. The zero-order valence-electron chi connectivity index (χ0n) is 12.7. The van der Waals surface area contributed by atoms with Gasteiger partial charge in [0.2, 0.25) is 0 Å². The van der Waals surface area contributed by atoms with Crippen molar-refractivity contribution in [3.8, 4) is 0 Å². The molecule has 1 aromatic carbocycles. The van der Waals surface area contributed by atoms with Gasteiger partial charge in [-0.2, -0.15) is 0 Å². The first-order valence-electron chi connectivity index (χ1n) is 7.69. The molecule has 0 saturated carbocycles. The first-order valence-corrected chi connectivity index (χ1v) is 7.69. The Balaban J connectivity index is 2.45. The maximum atomic E-state index is 6.09. The van der Waals surface area contributed by atoms with E-state index in [0.29, 0.717) is 12.0 Å². The van der Waals surface area contributed by atoms with Gasteiger partial charge in [0.05, 0.1) is 0 Å². The average molecular weight is 260 g/mol. The molecule has 2 nitrogen and oxygen atoms in total. The lowest BCUT2D eigenvalue weighted by Gasteiger charge is -2.36. The molecule has 2 N–H and O–H groups in total. The summed E-state index contributed by atoms with van der Waals surface area (Å²) in [6.07, 6.45) is 3.90. The third-order valence-electron chi connectivity index (χ3n) is 4.66. The molecule has 0 radical (unpaired) electrons. The van der Waals surface area contributed by atoms with Crippen molar-refractivity contribution in [2.24, 2.45) is 11.7 Å². The number of hydrogen-bond acceptors (Lipinski definition) is 2. The minimum Gasteiger partial charge on any atom is -0.330 e. The van der Waals surface area contributed by atoms with Gasteiger partial charge in [-0.15, -0.1) is 0 Å². The Labute approximate surface area is 118 Å². The Bertz CT molecular complexity index is 379. The number of benzene rings is 1. The van der Waals surface area contributed by atoms with Gasteiger partial charge in [0, 0.05) is 6.04 Å². The van der Waals surface area contributed by atoms with Crippen LogP contribution in [0.1, 0.15) is 48.9 Å². The van der Waals surface area contributed by atoms with E-state index in [1.54, 1.807) is 0 Å². The highest BCUT2D eigenvalue weighted by molar-refractivity contribution is 5.37. The van der Waals surface area contributed by atoms with E-state index in [9.17, 15) is 0 Å². The van der Waals surface area contributed by atoms with Crippen LogP contribution in [0.3, 0.4) is 0 Å². The van der Waals surface area contributed by atoms with Crippen molar-refractivity contribution in [1.82, 2.24) is 4.90 Å². The monoisotopic (exact) mass is 260 g/mol. The van der Waals surface area contributed by atoms with Crippen molar-refractivity contribution in [3.05, 3.63) is 34.9 Å². The van der Waals surface area contributed by atoms with Gasteiger partial charge in [0.1, 0.15) is 0 Å². The smallest absolute Gasteiger partial charge is 0.0393 e. The molecule has 2 atom stereocenters. The second kappa shape index (κ2) is 6.53. The fourth-order valence-electron chi connectivity index (χ4n) is 3.63. The molecular formula is C17H28N2. The largest absolute Gasteiger partial charge is 0.330 e. The lowest BCUT2D eigenvalue weighted by molar-refractivity contribution is 0.165. The van der Waals surface area contributed by atoms with E-state index < -0.39 is 0 Å². The molecule has 1 saturated heterocycles. The average Bonchev–Trinajstić information content (AvgIpc) is 2.60. The number of nitrogens with zero attached hydrogens (tertiary/aromatic N) is 1. The molecule has 0 aromatic heterocycles. The highest BCUT2D eigenvalue weighted by atomic mass is 15.2. The maximum Gasteiger partial charge on any atom is 0.0393 e. The minimum absolute atomic E-state index is 0.513. The molecule has 1 heterocycles. The second-order valence-corrected chi connectivity index (χ2v) is 5.87. The predicted molar refractivity (Wildman–Crippen MR) is 82.3 cm³/mol. The molecule has 1 fully saturated rings. The zero-order chi connectivity index (χ0) is 13.8. The number of hydrogen-bond donors (Lipinski definition) is 1. The molecular weight excluding hydrogens is 232 g/mol. The summed E-state index contributed by atoms with van der Waals surface area (Å²) in [6, 6.07) is 7.17. The summed E-state index contributed by atoms with van der Waals surface area (Å²) < 4.78 is 0. The van der Waals surface area contributed by atoms with Crippen LogP contribution < -0.4 is 5.73 Å². The Morgan fingerprint density at radius 3 is 2.47 bits per heavy atom. The molecule has 0 spiro atoms. The molecule has 1 aliphatic heterocycles. The Hall–Kier alpha value is -0.860. The van der Waals surface area contributed by atoms with E-state index in [4.69, 9.17) is 5.73 Å². The number of nitrogens with two attached hydrogens (primary N) is 1. The molecule has 2 rings (SSSR count). The summed E-state index contributed by atoms with van der Waals surface area (Å²) in [4.78, 5) is 2.64. The minimum atomic E-state index is 0.513. The van der Waals surface area contributed by atoms with E-state index >= 15 is 0 Å². The maximum absolute atomic E-state index is 6.09. The Morgan fingerprint density at radius 1 is 1.21 bits per heavy atom. The molecule has 106 valence electrons. The summed E-state index contributed by atoms with van der Waals surface area (Å²) in [5.41, 5.74) is 10.5. The standard InChI is InChI=1S/C17H28N2/c1-4-19-11-6-5-10-15(12-18)17(19)16-13(2)8-7-9-14(16)3/h7-9,15,17H,4-6,10-12,18H2,1-3H3. The topological polar surface area (TPSA) is 29.3 Å². The van der Waals surface area contributed by atoms with Crippen LogP contribution >= 0.6 is 0 Å². The number of rotatable bonds is 3. The molecule has 0 aliphatic carbocycles. The van der Waals surface area contributed by atoms with Gasteiger partial charge in [-0.3, -0.25) is 4.90 Å². The molecule has 19 heavy (non-hydrogen) atoms. The third kappa shape index (κ3) is 3.01. The summed E-state index contributed by atoms with van der Waals surface area (Å²) in [5, 5.41) is 0. The van der Waals surface area contributed by atoms with E-state index in [1.165, 1.54) is 42.5 Å². The summed E-state index contributed by atoms with van der Waals surface area (Å²) in [7, 11) is 0. The van der Waals surface area contributed by atoms with Crippen molar-refractivity contribution < 1.29 is 0 Å². The van der Waals surface area contributed by atoms with E-state index in [-0.39, 0.29) is 0 Å². The molecule has 2 unspecified atom stereocenters. The van der Waals surface area contributed by atoms with Crippen molar-refractivity contribution in [3.63, 3.8) is 0 Å². The molecule has 1 aliphatic rings. The van der Waals surface area contributed by atoms with Crippen LogP contribution in [0.5, 0.6) is 0 Å². The van der Waals surface area contributed by atoms with Crippen LogP contribution in [0.4, 0.5) is 0 Å². The number of likely N-dealkylation sites (tertiary alicyclic amines) is 1. The van der Waals surface area contributed by atoms with Gasteiger partial charge < -0.3 is 5.73 Å². The van der Waals surface area contributed by atoms with Gasteiger partial charge in [-0.25, -0.2) is 0 Å². The predicted octanol–water partition coefficient (Wildman–Crippen LogP) is 3.43. The van der Waals surface area contributed by atoms with Crippen LogP contribution in [0, 0.1) is 19.8 Å². The fourth-order valence-corrected chi connectivity index (χ4v) is 3.63. The fraction of sp³-hybridized carbons (Fsp3) is 0.647. The van der Waals surface area contributed by atoms with Gasteiger partial charge in [-0.05, 0) is 68.9 Å². The summed E-state index contributed by atoms with van der Waals surface area (Å²) in [6.45, 7) is 9.90. The van der Waals surface area contributed by atoms with Crippen LogP contribution in [0.2, 0.25) is 0 Å². The van der Waals surface area contributed by atoms with Gasteiger partial charge in [-0.1, -0.05) is 31.5 Å². The first-order chi connectivity index (χ1) is 9.19. The lowest BCUT2D eigenvalue weighted by Crippen LogP contribution is -2.36. The molecule has 2 heteroatoms. The van der Waals surface area contributed by atoms with E-state index in [1.807, 2.05) is 0 Å². The normalized spacial score (nSPS) is 25.3. The Kier molecular flexibility index (Phi) is 5.00. The van der Waals surface area contributed by atoms with Crippen LogP contribution in [0.25, 0.3) is 0 Å². The summed E-state index contributed by atoms with van der Waals surface area (Å²) in [5.74, 6) is 0.599. The van der Waals surface area contributed by atoms with Gasteiger partial charge >= 0.3 is 0 Å². The highest BCUT2D eigenvalue weighted by Gasteiger charge is 2.31. The van der Waals surface area contributed by atoms with E-state index in [2.05, 4.69) is 43.9 Å². The Morgan fingerprint density at radius 2 is 1.89 bits per heavy atom. The number of aryl methyl sites for hydroxylation is 2. The zero-order valence-corrected chi connectivity index (χ0v) is 12.7. The van der Waals surface area contributed by atoms with Gasteiger partial charge in [0.15, 0.2) is 0 Å². The second-order valence-electron chi connectivity index (χ2n) is 5.87. The highest BCUT2D eigenvalue weighted by Crippen LogP contribution is 2.37. The molecule has 0 bridgehead atoms. The quantitative estimate of drug-likeness (QED) is 0.902. The van der Waals surface area contributed by atoms with Crippen molar-refractivity contribution in [2.75, 3.05) is 19.6 Å². The van der Waals surface area contributed by atoms with Crippen molar-refractivity contribution in [1.29, 1.82) is 0 Å². The van der Waals surface area contributed by atoms with Crippen LogP contribution in [-0.4, -0.2) is 24.5 Å². The van der Waals surface area contributed by atoms with Crippen molar-refractivity contribution in [2.45, 2.75) is 46.1 Å². The van der Waals surface area contributed by atoms with Gasteiger partial charge in [0.25, 0.3) is 0 Å². The van der Waals surface area contributed by atoms with E-state index in [0.717, 1.165) is 13.1 Å². The third-order valence-corrected chi connectivity index (χ3v) is 4.66. The summed E-state index contributed by atoms with van der Waals surface area (Å²) >= 11 is 0. The van der Waals surface area contributed by atoms with Crippen molar-refractivity contribution >= 4 is 0 Å². The van der Waals surface area contributed by atoms with Crippen LogP contribution in [0.15, 0.2) is 18.2 Å². The SMILES string of the molecule is CCN1CCCCC(CN)C1c1c(C)cccc1C. The first kappa shape index (κ1) is 14.5.